The van der Waals surface area contributed by atoms with E-state index in [1.807, 2.05) is 30.3 Å². The number of amides is 2. The Morgan fingerprint density at radius 3 is 1.67 bits per heavy atom. The Balaban J connectivity index is 1.52. The van der Waals surface area contributed by atoms with E-state index in [-0.39, 0.29) is 18.2 Å². The van der Waals surface area contributed by atoms with Gasteiger partial charge in [0.05, 0.1) is 22.2 Å². The number of halogens is 2. The molecule has 0 aliphatic carbocycles. The smallest absolute Gasteiger partial charge is 0.224 e. The minimum atomic E-state index is -0.137. The van der Waals surface area contributed by atoms with Crippen LogP contribution in [-0.4, -0.2) is 24.9 Å². The molecule has 0 aliphatic heterocycles. The number of carbonyl (C=O) groups excluding carboxylic acids is 2. The summed E-state index contributed by atoms with van der Waals surface area (Å²) in [6.45, 7) is 2.88. The number of hydrogen-bond acceptors (Lipinski definition) is 3. The number of para-hydroxylation sites is 2. The molecular formula is C38H47Cl2N3O2. The zero-order chi connectivity index (χ0) is 32.4. The van der Waals surface area contributed by atoms with Crippen molar-refractivity contribution in [2.45, 2.75) is 64.7 Å². The zero-order valence-corrected chi connectivity index (χ0v) is 27.8. The lowest BCUT2D eigenvalue weighted by molar-refractivity contribution is -0.122. The van der Waals surface area contributed by atoms with Gasteiger partial charge in [0.1, 0.15) is 0 Å². The molecule has 0 aromatic heterocycles. The van der Waals surface area contributed by atoms with Crippen LogP contribution in [0.1, 0.15) is 63.9 Å². The third-order valence-electron chi connectivity index (χ3n) is 6.49. The molecule has 0 saturated carbocycles. The molecular weight excluding hydrogens is 601 g/mol. The normalized spacial score (nSPS) is 12.1. The molecule has 0 unspecified atom stereocenters. The number of benzene rings is 2. The van der Waals surface area contributed by atoms with Gasteiger partial charge in [-0.2, -0.15) is 0 Å². The number of nitrogens with one attached hydrogen (secondary N) is 3. The van der Waals surface area contributed by atoms with Gasteiger partial charge in [0.25, 0.3) is 0 Å². The summed E-state index contributed by atoms with van der Waals surface area (Å²) in [6.07, 6.45) is 33.1. The molecule has 0 heterocycles. The maximum Gasteiger partial charge on any atom is 0.224 e. The maximum atomic E-state index is 12.5. The fourth-order valence-corrected chi connectivity index (χ4v) is 4.62. The Bertz CT molecular complexity index is 1320. The van der Waals surface area contributed by atoms with Gasteiger partial charge in [0, 0.05) is 25.2 Å². The summed E-state index contributed by atoms with van der Waals surface area (Å²) < 4.78 is 0. The standard InChI is InChI=1S/C38H47Cl2N3O2/c1-2-3-4-5-6-7-8-9-10-11-12-13-14-15-16-17-18-19-20-28-36(44)41-29-30-42-37(45)31-32-24-21-22-27-35(32)43-38-33(39)25-23-26-34(38)40/h3-4,6-7,9-10,12-13,15-16,18-19,21-27,43H,2,5,8,11,14,17,20,28-31H2,1H3,(H,41,44)(H,42,45). The lowest BCUT2D eigenvalue weighted by Crippen LogP contribution is -2.35. The lowest BCUT2D eigenvalue weighted by atomic mass is 10.1. The topological polar surface area (TPSA) is 70.2 Å². The van der Waals surface area contributed by atoms with E-state index < -0.39 is 0 Å². The first-order valence-electron chi connectivity index (χ1n) is 15.7. The van der Waals surface area contributed by atoms with E-state index in [2.05, 4.69) is 89.7 Å². The second-order valence-corrected chi connectivity index (χ2v) is 11.0. The number of anilines is 2. The lowest BCUT2D eigenvalue weighted by Gasteiger charge is -2.14. The van der Waals surface area contributed by atoms with Crippen molar-refractivity contribution in [1.29, 1.82) is 0 Å². The molecule has 0 saturated heterocycles. The van der Waals surface area contributed by atoms with E-state index in [0.717, 1.165) is 49.8 Å². The SMILES string of the molecule is CCC=CCC=CCC=CCC=CCC=CCC=CCCC(=O)NCCNC(=O)Cc1ccccc1Nc1c(Cl)cccc1Cl. The maximum absolute atomic E-state index is 12.5. The molecule has 2 amide bonds. The quantitative estimate of drug-likeness (QED) is 0.0932. The summed E-state index contributed by atoms with van der Waals surface area (Å²) in [5.74, 6) is -0.170. The van der Waals surface area contributed by atoms with Gasteiger partial charge in [-0.25, -0.2) is 0 Å². The Labute approximate surface area is 279 Å². The van der Waals surface area contributed by atoms with Crippen molar-refractivity contribution in [3.63, 3.8) is 0 Å². The summed E-state index contributed by atoms with van der Waals surface area (Å²) in [4.78, 5) is 24.6. The van der Waals surface area contributed by atoms with E-state index in [1.165, 1.54) is 0 Å². The van der Waals surface area contributed by atoms with E-state index in [4.69, 9.17) is 23.2 Å². The average Bonchev–Trinajstić information content (AvgIpc) is 3.03. The second-order valence-electron chi connectivity index (χ2n) is 10.2. The zero-order valence-electron chi connectivity index (χ0n) is 26.3. The number of hydrogen-bond donors (Lipinski definition) is 3. The van der Waals surface area contributed by atoms with Crippen LogP contribution in [0.5, 0.6) is 0 Å². The Hall–Kier alpha value is -3.80. The number of rotatable bonds is 21. The van der Waals surface area contributed by atoms with Gasteiger partial charge in [0.15, 0.2) is 0 Å². The van der Waals surface area contributed by atoms with Crippen molar-refractivity contribution in [1.82, 2.24) is 10.6 Å². The van der Waals surface area contributed by atoms with Gasteiger partial charge in [-0.3, -0.25) is 9.59 Å². The highest BCUT2D eigenvalue weighted by Crippen LogP contribution is 2.33. The fourth-order valence-electron chi connectivity index (χ4n) is 4.13. The van der Waals surface area contributed by atoms with Crippen molar-refractivity contribution in [2.75, 3.05) is 18.4 Å². The highest BCUT2D eigenvalue weighted by atomic mass is 35.5. The molecule has 0 atom stereocenters. The summed E-state index contributed by atoms with van der Waals surface area (Å²) in [6, 6.07) is 12.8. The highest BCUT2D eigenvalue weighted by Gasteiger charge is 2.11. The largest absolute Gasteiger partial charge is 0.354 e. The summed E-state index contributed by atoms with van der Waals surface area (Å²) >= 11 is 12.6. The molecule has 0 aliphatic rings. The van der Waals surface area contributed by atoms with Gasteiger partial charge in [-0.15, -0.1) is 0 Å². The van der Waals surface area contributed by atoms with Crippen molar-refractivity contribution in [2.24, 2.45) is 0 Å². The van der Waals surface area contributed by atoms with E-state index >= 15 is 0 Å². The number of carbonyl (C=O) groups is 2. The van der Waals surface area contributed by atoms with Crippen LogP contribution >= 0.6 is 23.2 Å². The third-order valence-corrected chi connectivity index (χ3v) is 7.12. The van der Waals surface area contributed by atoms with Crippen LogP contribution in [0.2, 0.25) is 10.0 Å². The Morgan fingerprint density at radius 2 is 1.11 bits per heavy atom. The van der Waals surface area contributed by atoms with Crippen LogP contribution < -0.4 is 16.0 Å². The molecule has 2 aromatic carbocycles. The average molecular weight is 649 g/mol. The van der Waals surface area contributed by atoms with Gasteiger partial charge in [-0.05, 0) is 68.7 Å². The minimum absolute atomic E-state index is 0.0325. The van der Waals surface area contributed by atoms with Crippen LogP contribution in [0.3, 0.4) is 0 Å². The van der Waals surface area contributed by atoms with Gasteiger partial charge >= 0.3 is 0 Å². The van der Waals surface area contributed by atoms with Crippen LogP contribution in [0.25, 0.3) is 0 Å². The molecule has 0 radical (unpaired) electrons. The van der Waals surface area contributed by atoms with E-state index in [1.54, 1.807) is 18.2 Å². The van der Waals surface area contributed by atoms with Crippen LogP contribution in [0.15, 0.2) is 115 Å². The van der Waals surface area contributed by atoms with Crippen LogP contribution in [0.4, 0.5) is 11.4 Å². The summed E-state index contributed by atoms with van der Waals surface area (Å²) in [5, 5.41) is 9.95. The molecule has 2 rings (SSSR count). The molecule has 0 spiro atoms. The summed E-state index contributed by atoms with van der Waals surface area (Å²) in [5.41, 5.74) is 2.16. The predicted octanol–water partition coefficient (Wildman–Crippen LogP) is 9.99. The van der Waals surface area contributed by atoms with E-state index in [0.29, 0.717) is 41.7 Å². The van der Waals surface area contributed by atoms with Crippen molar-refractivity contribution in [3.05, 3.63) is 131 Å². The highest BCUT2D eigenvalue weighted by molar-refractivity contribution is 6.39. The third kappa shape index (κ3) is 17.9. The Morgan fingerprint density at radius 1 is 0.622 bits per heavy atom. The van der Waals surface area contributed by atoms with Gasteiger partial charge in [0.2, 0.25) is 11.8 Å². The Kier molecular flexibility index (Phi) is 20.4. The first kappa shape index (κ1) is 37.4. The predicted molar refractivity (Wildman–Crippen MR) is 193 cm³/mol. The fraction of sp³-hybridized carbons (Fsp3) is 0.316. The van der Waals surface area contributed by atoms with Crippen molar-refractivity contribution < 1.29 is 9.59 Å². The van der Waals surface area contributed by atoms with E-state index in [9.17, 15) is 9.59 Å². The second kappa shape index (κ2) is 24.5. The molecule has 7 heteroatoms. The molecule has 0 fully saturated rings. The molecule has 45 heavy (non-hydrogen) atoms. The molecule has 5 nitrogen and oxygen atoms in total. The first-order chi connectivity index (χ1) is 22.0. The van der Waals surface area contributed by atoms with Crippen molar-refractivity contribution in [3.8, 4) is 0 Å². The molecule has 2 aromatic rings. The summed E-state index contributed by atoms with van der Waals surface area (Å²) in [7, 11) is 0. The van der Waals surface area contributed by atoms with Gasteiger partial charge < -0.3 is 16.0 Å². The monoisotopic (exact) mass is 647 g/mol. The molecule has 3 N–H and O–H groups in total. The number of allylic oxidation sites excluding steroid dienone is 12. The van der Waals surface area contributed by atoms with Crippen LogP contribution in [0, 0.1) is 0 Å². The minimum Gasteiger partial charge on any atom is -0.354 e. The molecule has 0 bridgehead atoms. The van der Waals surface area contributed by atoms with Crippen LogP contribution in [-0.2, 0) is 16.0 Å². The van der Waals surface area contributed by atoms with Crippen molar-refractivity contribution >= 4 is 46.4 Å². The van der Waals surface area contributed by atoms with Gasteiger partial charge in [-0.1, -0.05) is 127 Å². The molecule has 240 valence electrons. The first-order valence-corrected chi connectivity index (χ1v) is 16.5.